The zero-order valence-corrected chi connectivity index (χ0v) is 11.8. The third-order valence-electron chi connectivity index (χ3n) is 2.34. The van der Waals surface area contributed by atoms with Gasteiger partial charge in [-0.3, -0.25) is 4.79 Å². The van der Waals surface area contributed by atoms with Gasteiger partial charge >= 0.3 is 0 Å². The average molecular weight is 265 g/mol. The molecule has 4 N–H and O–H groups in total. The van der Waals surface area contributed by atoms with Gasteiger partial charge in [-0.05, 0) is 45.0 Å². The maximum atomic E-state index is 10.6. The lowest BCUT2D eigenvalue weighted by Crippen LogP contribution is -2.38. The molecule has 0 unspecified atom stereocenters. The molecule has 0 fully saturated rings. The number of rotatable bonds is 7. The topological polar surface area (TPSA) is 76.4 Å². The van der Waals surface area contributed by atoms with Gasteiger partial charge in [0.15, 0.2) is 6.61 Å². The number of primary amides is 1. The van der Waals surface area contributed by atoms with Gasteiger partial charge in [-0.25, -0.2) is 0 Å². The molecule has 1 aromatic rings. The molecule has 1 aromatic carbocycles. The molecule has 0 aliphatic rings. The van der Waals surface area contributed by atoms with Gasteiger partial charge < -0.3 is 21.1 Å². The number of carbonyl (C=O) groups excluding carboxylic acids is 1. The monoisotopic (exact) mass is 265 g/mol. The molecule has 5 heteroatoms. The van der Waals surface area contributed by atoms with Crippen LogP contribution in [0.2, 0.25) is 0 Å². The van der Waals surface area contributed by atoms with E-state index in [9.17, 15) is 4.79 Å². The molecule has 1 rings (SSSR count). The normalized spacial score (nSPS) is 11.1. The number of anilines is 1. The largest absolute Gasteiger partial charge is 0.484 e. The highest BCUT2D eigenvalue weighted by Gasteiger charge is 2.06. The summed E-state index contributed by atoms with van der Waals surface area (Å²) in [4.78, 5) is 10.6. The van der Waals surface area contributed by atoms with Crippen molar-refractivity contribution in [1.82, 2.24) is 5.32 Å². The van der Waals surface area contributed by atoms with Crippen LogP contribution in [0.3, 0.4) is 0 Å². The highest BCUT2D eigenvalue weighted by Crippen LogP contribution is 2.15. The third kappa shape index (κ3) is 7.31. The lowest BCUT2D eigenvalue weighted by Gasteiger charge is -2.20. The van der Waals surface area contributed by atoms with Gasteiger partial charge in [-0.1, -0.05) is 0 Å². The number of nitrogens with one attached hydrogen (secondary N) is 2. The fourth-order valence-electron chi connectivity index (χ4n) is 1.47. The Morgan fingerprint density at radius 3 is 2.37 bits per heavy atom. The molecule has 0 saturated heterocycles. The van der Waals surface area contributed by atoms with Gasteiger partial charge in [0.05, 0.1) is 0 Å². The van der Waals surface area contributed by atoms with Crippen molar-refractivity contribution < 1.29 is 9.53 Å². The van der Waals surface area contributed by atoms with Gasteiger partial charge in [0.25, 0.3) is 5.91 Å². The van der Waals surface area contributed by atoms with E-state index >= 15 is 0 Å². The van der Waals surface area contributed by atoms with E-state index in [1.807, 2.05) is 24.3 Å². The lowest BCUT2D eigenvalue weighted by atomic mass is 10.1. The van der Waals surface area contributed by atoms with E-state index in [-0.39, 0.29) is 12.1 Å². The van der Waals surface area contributed by atoms with Crippen LogP contribution in [0.1, 0.15) is 20.8 Å². The second-order valence-electron chi connectivity index (χ2n) is 5.38. The molecule has 0 saturated carbocycles. The fourth-order valence-corrected chi connectivity index (χ4v) is 1.47. The second kappa shape index (κ2) is 6.99. The lowest BCUT2D eigenvalue weighted by molar-refractivity contribution is -0.119. The van der Waals surface area contributed by atoms with Crippen molar-refractivity contribution in [3.63, 3.8) is 0 Å². The minimum atomic E-state index is -0.476. The highest BCUT2D eigenvalue weighted by molar-refractivity contribution is 5.75. The van der Waals surface area contributed by atoms with Crippen molar-refractivity contribution >= 4 is 11.6 Å². The first-order valence-electron chi connectivity index (χ1n) is 6.37. The van der Waals surface area contributed by atoms with Crippen molar-refractivity contribution in [2.24, 2.45) is 5.73 Å². The molecular weight excluding hydrogens is 242 g/mol. The van der Waals surface area contributed by atoms with Crippen molar-refractivity contribution in [3.05, 3.63) is 24.3 Å². The van der Waals surface area contributed by atoms with Gasteiger partial charge in [-0.15, -0.1) is 0 Å². The van der Waals surface area contributed by atoms with E-state index in [0.717, 1.165) is 18.8 Å². The van der Waals surface area contributed by atoms with E-state index < -0.39 is 5.91 Å². The quantitative estimate of drug-likeness (QED) is 0.650. The summed E-state index contributed by atoms with van der Waals surface area (Å²) in [6, 6.07) is 7.44. The molecule has 0 spiro atoms. The summed E-state index contributed by atoms with van der Waals surface area (Å²) in [5, 5.41) is 6.70. The summed E-state index contributed by atoms with van der Waals surface area (Å²) in [7, 11) is 0. The Hall–Kier alpha value is -1.75. The zero-order valence-electron chi connectivity index (χ0n) is 11.8. The van der Waals surface area contributed by atoms with Crippen molar-refractivity contribution in [2.75, 3.05) is 25.0 Å². The van der Waals surface area contributed by atoms with Gasteiger partial charge in [0.2, 0.25) is 0 Å². The van der Waals surface area contributed by atoms with Crippen LogP contribution in [0.4, 0.5) is 5.69 Å². The number of ether oxygens (including phenoxy) is 1. The van der Waals surface area contributed by atoms with Gasteiger partial charge in [-0.2, -0.15) is 0 Å². The van der Waals surface area contributed by atoms with Crippen LogP contribution < -0.4 is 21.1 Å². The van der Waals surface area contributed by atoms with Gasteiger partial charge in [0, 0.05) is 24.3 Å². The molecule has 5 nitrogen and oxygen atoms in total. The predicted molar refractivity (Wildman–Crippen MR) is 77.4 cm³/mol. The van der Waals surface area contributed by atoms with Crippen LogP contribution in [-0.2, 0) is 4.79 Å². The molecule has 0 radical (unpaired) electrons. The zero-order chi connectivity index (χ0) is 14.3. The molecule has 106 valence electrons. The van der Waals surface area contributed by atoms with E-state index in [2.05, 4.69) is 31.4 Å². The summed E-state index contributed by atoms with van der Waals surface area (Å²) in [6.45, 7) is 8.05. The van der Waals surface area contributed by atoms with E-state index in [4.69, 9.17) is 10.5 Å². The SMILES string of the molecule is CC(C)(C)NCCNc1ccc(OCC(N)=O)cc1. The minimum Gasteiger partial charge on any atom is -0.484 e. The summed E-state index contributed by atoms with van der Waals surface area (Å²) in [5.74, 6) is 0.160. The number of nitrogens with two attached hydrogens (primary N) is 1. The first-order chi connectivity index (χ1) is 8.87. The average Bonchev–Trinajstić information content (AvgIpc) is 2.32. The molecule has 0 aliphatic heterocycles. The summed E-state index contributed by atoms with van der Waals surface area (Å²) >= 11 is 0. The van der Waals surface area contributed by atoms with Crippen LogP contribution in [0, 0.1) is 0 Å². The van der Waals surface area contributed by atoms with Crippen LogP contribution in [0.25, 0.3) is 0 Å². The minimum absolute atomic E-state index is 0.0950. The number of amides is 1. The molecular formula is C14H23N3O2. The first kappa shape index (κ1) is 15.3. The Balaban J connectivity index is 2.30. The Labute approximate surface area is 114 Å². The maximum Gasteiger partial charge on any atom is 0.255 e. The smallest absolute Gasteiger partial charge is 0.255 e. The number of benzene rings is 1. The van der Waals surface area contributed by atoms with E-state index in [0.29, 0.717) is 5.75 Å². The Morgan fingerprint density at radius 1 is 1.21 bits per heavy atom. The summed E-state index contributed by atoms with van der Waals surface area (Å²) in [5.41, 5.74) is 6.15. The third-order valence-corrected chi connectivity index (χ3v) is 2.34. The number of hydrogen-bond donors (Lipinski definition) is 3. The molecule has 0 bridgehead atoms. The van der Waals surface area contributed by atoms with Crippen LogP contribution >= 0.6 is 0 Å². The molecule has 0 aliphatic carbocycles. The number of carbonyl (C=O) groups is 1. The van der Waals surface area contributed by atoms with E-state index in [1.165, 1.54) is 0 Å². The molecule has 0 atom stereocenters. The van der Waals surface area contributed by atoms with Crippen LogP contribution in [0.5, 0.6) is 5.75 Å². The standard InChI is InChI=1S/C14H23N3O2/c1-14(2,3)17-9-8-16-11-4-6-12(7-5-11)19-10-13(15)18/h4-7,16-17H,8-10H2,1-3H3,(H2,15,18). The number of hydrogen-bond acceptors (Lipinski definition) is 4. The predicted octanol–water partition coefficient (Wildman–Crippen LogP) is 1.35. The molecule has 0 aromatic heterocycles. The highest BCUT2D eigenvalue weighted by atomic mass is 16.5. The van der Waals surface area contributed by atoms with Crippen LogP contribution in [0.15, 0.2) is 24.3 Å². The maximum absolute atomic E-state index is 10.6. The van der Waals surface area contributed by atoms with Gasteiger partial charge in [0.1, 0.15) is 5.75 Å². The Bertz CT molecular complexity index is 396. The Morgan fingerprint density at radius 2 is 1.84 bits per heavy atom. The first-order valence-corrected chi connectivity index (χ1v) is 6.37. The fraction of sp³-hybridized carbons (Fsp3) is 0.500. The Kier molecular flexibility index (Phi) is 5.63. The molecule has 19 heavy (non-hydrogen) atoms. The molecule has 1 amide bonds. The van der Waals surface area contributed by atoms with Crippen molar-refractivity contribution in [3.8, 4) is 5.75 Å². The summed E-state index contributed by atoms with van der Waals surface area (Å²) in [6.07, 6.45) is 0. The van der Waals surface area contributed by atoms with Crippen molar-refractivity contribution in [1.29, 1.82) is 0 Å². The summed E-state index contributed by atoms with van der Waals surface area (Å²) < 4.78 is 5.18. The van der Waals surface area contributed by atoms with Crippen LogP contribution in [-0.4, -0.2) is 31.1 Å². The molecule has 0 heterocycles. The van der Waals surface area contributed by atoms with Crippen molar-refractivity contribution in [2.45, 2.75) is 26.3 Å². The van der Waals surface area contributed by atoms with E-state index in [1.54, 1.807) is 0 Å². The second-order valence-corrected chi connectivity index (χ2v) is 5.38.